The largest absolute Gasteiger partial charge is 0.505 e. The maximum atomic E-state index is 11.3. The third-order valence-corrected chi connectivity index (χ3v) is 3.31. The summed E-state index contributed by atoms with van der Waals surface area (Å²) in [4.78, 5) is -0.468. The summed E-state index contributed by atoms with van der Waals surface area (Å²) in [6, 6.07) is 7.87. The Balaban J connectivity index is 0.000000868. The van der Waals surface area contributed by atoms with Gasteiger partial charge in [0, 0.05) is 12.4 Å². The highest BCUT2D eigenvalue weighted by molar-refractivity contribution is 7.86. The van der Waals surface area contributed by atoms with Gasteiger partial charge in [-0.2, -0.15) is 18.6 Å². The molecule has 0 unspecified atom stereocenters. The summed E-state index contributed by atoms with van der Waals surface area (Å²) in [7, 11) is 0.602. The molecule has 128 valence electrons. The van der Waals surface area contributed by atoms with E-state index in [1.165, 1.54) is 13.1 Å². The zero-order valence-electron chi connectivity index (χ0n) is 13.9. The van der Waals surface area contributed by atoms with Crippen LogP contribution in [0.5, 0.6) is 5.75 Å². The number of hydrogen-bond acceptors (Lipinski definition) is 6. The van der Waals surface area contributed by atoms with E-state index in [2.05, 4.69) is 15.5 Å². The Morgan fingerprint density at radius 1 is 1.13 bits per heavy atom. The molecule has 2 rings (SSSR count). The van der Waals surface area contributed by atoms with Gasteiger partial charge in [-0.25, -0.2) is 0 Å². The third kappa shape index (κ3) is 5.59. The minimum absolute atomic E-state index is 0.265. The predicted molar refractivity (Wildman–Crippen MR) is 92.2 cm³/mol. The van der Waals surface area contributed by atoms with Crippen LogP contribution in [-0.2, 0) is 10.1 Å². The summed E-state index contributed by atoms with van der Waals surface area (Å²) in [6.45, 7) is 4.00. The molecule has 0 fully saturated rings. The molecule has 0 aliphatic rings. The molecule has 7 nitrogen and oxygen atoms in total. The Morgan fingerprint density at radius 3 is 2.13 bits per heavy atom. The zero-order valence-corrected chi connectivity index (χ0v) is 14.7. The van der Waals surface area contributed by atoms with Crippen LogP contribution >= 0.6 is 0 Å². The van der Waals surface area contributed by atoms with E-state index in [1.807, 2.05) is 27.9 Å². The number of azo groups is 1. The van der Waals surface area contributed by atoms with E-state index < -0.39 is 15.0 Å². The van der Waals surface area contributed by atoms with Crippen LogP contribution in [0.15, 0.2) is 45.5 Å². The summed E-state index contributed by atoms with van der Waals surface area (Å²) in [5.41, 5.74) is -0.265. The number of rotatable bonds is 2. The van der Waals surface area contributed by atoms with Crippen molar-refractivity contribution in [1.29, 1.82) is 0 Å². The Morgan fingerprint density at radius 2 is 1.65 bits per heavy atom. The third-order valence-electron chi connectivity index (χ3n) is 2.44. The molecule has 0 aliphatic heterocycles. The van der Waals surface area contributed by atoms with E-state index in [-0.39, 0.29) is 11.4 Å². The Hall–Kier alpha value is -2.03. The number of aromatic hydroxyl groups is 1. The number of phenols is 1. The molecule has 0 saturated carbocycles. The van der Waals surface area contributed by atoms with Crippen molar-refractivity contribution >= 4 is 26.6 Å². The van der Waals surface area contributed by atoms with Gasteiger partial charge in [-0.3, -0.25) is 4.55 Å². The van der Waals surface area contributed by atoms with Gasteiger partial charge in [0.1, 0.15) is 10.6 Å². The van der Waals surface area contributed by atoms with Crippen LogP contribution in [0.4, 0.5) is 5.69 Å². The van der Waals surface area contributed by atoms with Crippen molar-refractivity contribution in [3.63, 3.8) is 0 Å². The minimum atomic E-state index is -4.48. The van der Waals surface area contributed by atoms with E-state index in [0.29, 0.717) is 10.8 Å². The quantitative estimate of drug-likeness (QED) is 0.573. The van der Waals surface area contributed by atoms with Crippen LogP contribution in [0.25, 0.3) is 10.8 Å². The second-order valence-electron chi connectivity index (χ2n) is 4.07. The van der Waals surface area contributed by atoms with E-state index >= 15 is 0 Å². The van der Waals surface area contributed by atoms with E-state index in [4.69, 9.17) is 4.55 Å². The van der Waals surface area contributed by atoms with E-state index in [1.54, 1.807) is 24.3 Å². The van der Waals surface area contributed by atoms with Crippen molar-refractivity contribution in [2.24, 2.45) is 10.2 Å². The Bertz CT molecular complexity index is 759. The lowest BCUT2D eigenvalue weighted by Crippen LogP contribution is -1.99. The molecular formula is C15H23N3O4S. The van der Waals surface area contributed by atoms with Gasteiger partial charge < -0.3 is 10.4 Å². The number of phenolic OH excluding ortho intramolecular Hbond substituents is 1. The fourth-order valence-electron chi connectivity index (χ4n) is 1.69. The van der Waals surface area contributed by atoms with Crippen molar-refractivity contribution in [2.45, 2.75) is 18.7 Å². The van der Waals surface area contributed by atoms with Crippen molar-refractivity contribution in [3.8, 4) is 5.75 Å². The maximum Gasteiger partial charge on any atom is 0.296 e. The van der Waals surface area contributed by atoms with Crippen molar-refractivity contribution in [2.75, 3.05) is 21.1 Å². The topological polar surface area (TPSA) is 111 Å². The fourth-order valence-corrected chi connectivity index (χ4v) is 2.34. The first-order chi connectivity index (χ1) is 10.9. The van der Waals surface area contributed by atoms with Crippen LogP contribution < -0.4 is 5.32 Å². The van der Waals surface area contributed by atoms with Gasteiger partial charge in [-0.1, -0.05) is 38.1 Å². The highest BCUT2D eigenvalue weighted by Gasteiger charge is 2.21. The minimum Gasteiger partial charge on any atom is -0.505 e. The number of fused-ring (bicyclic) bond motifs is 1. The van der Waals surface area contributed by atoms with Gasteiger partial charge in [0.15, 0.2) is 5.75 Å². The van der Waals surface area contributed by atoms with Crippen LogP contribution in [0.3, 0.4) is 0 Å². The molecular weight excluding hydrogens is 318 g/mol. The number of hydrogen-bond donors (Lipinski definition) is 3. The molecule has 3 N–H and O–H groups in total. The lowest BCUT2D eigenvalue weighted by atomic mass is 10.1. The molecule has 0 radical (unpaired) electrons. The Kier molecular flexibility index (Phi) is 9.01. The van der Waals surface area contributed by atoms with Crippen LogP contribution in [0.1, 0.15) is 13.8 Å². The van der Waals surface area contributed by atoms with Gasteiger partial charge in [0.05, 0.1) is 0 Å². The second kappa shape index (κ2) is 9.88. The van der Waals surface area contributed by atoms with E-state index in [0.717, 1.165) is 0 Å². The van der Waals surface area contributed by atoms with Crippen LogP contribution in [-0.4, -0.2) is 39.2 Å². The van der Waals surface area contributed by atoms with Gasteiger partial charge >= 0.3 is 0 Å². The first-order valence-electron chi connectivity index (χ1n) is 6.97. The predicted octanol–water partition coefficient (Wildman–Crippen LogP) is 3.37. The van der Waals surface area contributed by atoms with Crippen LogP contribution in [0.2, 0.25) is 0 Å². The highest BCUT2D eigenvalue weighted by atomic mass is 32.2. The lowest BCUT2D eigenvalue weighted by Gasteiger charge is -2.07. The molecule has 0 amide bonds. The summed E-state index contributed by atoms with van der Waals surface area (Å²) < 4.78 is 31.7. The first-order valence-corrected chi connectivity index (χ1v) is 8.41. The van der Waals surface area contributed by atoms with Crippen molar-refractivity contribution in [3.05, 3.63) is 30.3 Å². The molecule has 0 aliphatic carbocycles. The molecule has 0 spiro atoms. The summed E-state index contributed by atoms with van der Waals surface area (Å²) in [5, 5.41) is 20.7. The molecule has 8 heteroatoms. The average molecular weight is 341 g/mol. The van der Waals surface area contributed by atoms with Crippen LogP contribution in [0, 0.1) is 0 Å². The molecule has 0 saturated heterocycles. The summed E-state index contributed by atoms with van der Waals surface area (Å²) in [6.07, 6.45) is 0. The molecule has 23 heavy (non-hydrogen) atoms. The highest BCUT2D eigenvalue weighted by Crippen LogP contribution is 2.40. The van der Waals surface area contributed by atoms with E-state index in [9.17, 15) is 13.5 Å². The fraction of sp³-hybridized carbons (Fsp3) is 0.333. The first kappa shape index (κ1) is 21.0. The van der Waals surface area contributed by atoms with Gasteiger partial charge in [-0.15, -0.1) is 0 Å². The number of benzene rings is 2. The van der Waals surface area contributed by atoms with Gasteiger partial charge in [0.25, 0.3) is 10.1 Å². The smallest absolute Gasteiger partial charge is 0.296 e. The molecule has 0 heterocycles. The summed E-state index contributed by atoms with van der Waals surface area (Å²) >= 11 is 0. The SMILES string of the molecule is CC.CN=Nc1c(S(=O)(=O)O)cc2ccccc2c1O.CNC. The number of nitrogens with one attached hydrogen (secondary N) is 1. The van der Waals surface area contributed by atoms with Crippen molar-refractivity contribution < 1.29 is 18.1 Å². The zero-order chi connectivity index (χ0) is 18.0. The molecule has 2 aromatic carbocycles. The normalized spacial score (nSPS) is 10.7. The van der Waals surface area contributed by atoms with Crippen molar-refractivity contribution in [1.82, 2.24) is 5.32 Å². The molecule has 0 bridgehead atoms. The molecule has 0 aromatic heterocycles. The standard InChI is InChI=1S/C11H10N2O4S.C2H7N.C2H6/c1-12-13-10-9(18(15,16)17)6-7-4-2-3-5-8(7)11(10)14;1-3-2;1-2/h2-6,14H,1H3,(H,15,16,17);3H,1-2H3;1-2H3. The van der Waals surface area contributed by atoms with Gasteiger partial charge in [-0.05, 0) is 25.5 Å². The van der Waals surface area contributed by atoms with Gasteiger partial charge in [0.2, 0.25) is 0 Å². The lowest BCUT2D eigenvalue weighted by molar-refractivity contribution is 0.472. The maximum absolute atomic E-state index is 11.3. The Labute approximate surface area is 136 Å². The second-order valence-corrected chi connectivity index (χ2v) is 5.46. The average Bonchev–Trinajstić information content (AvgIpc) is 2.52. The molecule has 2 aromatic rings. The number of nitrogens with zero attached hydrogens (tertiary/aromatic N) is 2. The summed E-state index contributed by atoms with van der Waals surface area (Å²) in [5.74, 6) is -0.327. The monoisotopic (exact) mass is 341 g/mol. The molecule has 0 atom stereocenters.